The number of hydrogen-bond acceptors (Lipinski definition) is 4. The second-order valence-corrected chi connectivity index (χ2v) is 7.10. The first-order valence-electron chi connectivity index (χ1n) is 9.27. The predicted octanol–water partition coefficient (Wildman–Crippen LogP) is 1.63. The van der Waals surface area contributed by atoms with Gasteiger partial charge in [0.25, 0.3) is 5.91 Å². The minimum atomic E-state index is -0.381. The van der Waals surface area contributed by atoms with Crippen molar-refractivity contribution in [1.29, 1.82) is 0 Å². The van der Waals surface area contributed by atoms with E-state index in [1.807, 2.05) is 31.2 Å². The Morgan fingerprint density at radius 1 is 1.12 bits per heavy atom. The molecule has 1 aromatic carbocycles. The van der Waals surface area contributed by atoms with Gasteiger partial charge in [-0.2, -0.15) is 0 Å². The second kappa shape index (κ2) is 8.36. The van der Waals surface area contributed by atoms with Gasteiger partial charge in [0.15, 0.2) is 0 Å². The molecule has 1 saturated heterocycles. The van der Waals surface area contributed by atoms with E-state index in [-0.39, 0.29) is 23.3 Å². The van der Waals surface area contributed by atoms with Gasteiger partial charge in [-0.05, 0) is 51.4 Å². The summed E-state index contributed by atoms with van der Waals surface area (Å²) in [6.45, 7) is 4.36. The van der Waals surface area contributed by atoms with Crippen LogP contribution in [0, 0.1) is 5.41 Å². The topological polar surface area (TPSA) is 79.5 Å². The van der Waals surface area contributed by atoms with Gasteiger partial charge in [0.05, 0.1) is 11.0 Å². The first kappa shape index (κ1) is 18.5. The summed E-state index contributed by atoms with van der Waals surface area (Å²) >= 11 is 0. The number of piperidine rings is 1. The Morgan fingerprint density at radius 3 is 2.69 bits per heavy atom. The lowest BCUT2D eigenvalue weighted by atomic mass is 9.75. The molecule has 1 spiro atoms. The van der Waals surface area contributed by atoms with Crippen LogP contribution in [0.5, 0.6) is 5.75 Å². The number of carbonyl (C=O) groups excluding carboxylic acids is 2. The Bertz CT molecular complexity index is 681. The van der Waals surface area contributed by atoms with Crippen molar-refractivity contribution in [1.82, 2.24) is 16.0 Å². The molecule has 0 aliphatic carbocycles. The zero-order valence-corrected chi connectivity index (χ0v) is 15.2. The molecule has 3 N–H and O–H groups in total. The molecule has 6 nitrogen and oxygen atoms in total. The molecule has 26 heavy (non-hydrogen) atoms. The van der Waals surface area contributed by atoms with Gasteiger partial charge in [0, 0.05) is 12.6 Å². The van der Waals surface area contributed by atoms with Gasteiger partial charge in [-0.25, -0.2) is 0 Å². The maximum Gasteiger partial charge on any atom is 0.255 e. The highest BCUT2D eigenvalue weighted by Gasteiger charge is 2.38. The number of amides is 2. The van der Waals surface area contributed by atoms with E-state index in [9.17, 15) is 9.59 Å². The van der Waals surface area contributed by atoms with E-state index < -0.39 is 0 Å². The van der Waals surface area contributed by atoms with Crippen molar-refractivity contribution in [3.63, 3.8) is 0 Å². The Kier molecular flexibility index (Phi) is 5.93. The highest BCUT2D eigenvalue weighted by molar-refractivity contribution is 5.97. The molecular formula is C20H27N3O3. The molecule has 0 aromatic heterocycles. The smallest absolute Gasteiger partial charge is 0.255 e. The standard InChI is InChI=1S/C20H27N3O3/c1-15-14-22-19(25)20(9-11-21-12-10-20)8-4-5-13-26-17-7-3-2-6-16(17)18(24)23-15/h2-7,15,21H,8-14H2,1H3,(H,22,25)(H,23,24)/b5-4+/t15-/m0/s1. The lowest BCUT2D eigenvalue weighted by Crippen LogP contribution is -2.50. The van der Waals surface area contributed by atoms with Crippen molar-refractivity contribution < 1.29 is 14.3 Å². The van der Waals surface area contributed by atoms with E-state index in [1.165, 1.54) is 0 Å². The number of allylic oxidation sites excluding steroid dienone is 1. The van der Waals surface area contributed by atoms with Crippen molar-refractivity contribution >= 4 is 11.8 Å². The van der Waals surface area contributed by atoms with E-state index in [0.29, 0.717) is 30.9 Å². The van der Waals surface area contributed by atoms with Crippen LogP contribution in [-0.2, 0) is 4.79 Å². The summed E-state index contributed by atoms with van der Waals surface area (Å²) in [5, 5.41) is 9.30. The lowest BCUT2D eigenvalue weighted by Gasteiger charge is -2.36. The largest absolute Gasteiger partial charge is 0.489 e. The Hall–Kier alpha value is -2.34. The molecule has 0 radical (unpaired) electrons. The van der Waals surface area contributed by atoms with Gasteiger partial charge in [-0.15, -0.1) is 0 Å². The number of hydrogen-bond donors (Lipinski definition) is 3. The fourth-order valence-electron chi connectivity index (χ4n) is 3.51. The highest BCUT2D eigenvalue weighted by Crippen LogP contribution is 2.33. The molecule has 1 aromatic rings. The van der Waals surface area contributed by atoms with Crippen molar-refractivity contribution in [2.24, 2.45) is 5.41 Å². The highest BCUT2D eigenvalue weighted by atomic mass is 16.5. The first-order chi connectivity index (χ1) is 12.6. The maximum absolute atomic E-state index is 12.9. The molecule has 140 valence electrons. The third kappa shape index (κ3) is 4.25. The van der Waals surface area contributed by atoms with Crippen LogP contribution in [-0.4, -0.2) is 44.1 Å². The summed E-state index contributed by atoms with van der Waals surface area (Å²) in [6.07, 6.45) is 6.29. The number of carbonyl (C=O) groups is 2. The molecule has 2 amide bonds. The zero-order chi connectivity index (χ0) is 18.4. The average molecular weight is 357 g/mol. The number of para-hydroxylation sites is 1. The molecule has 2 aliphatic heterocycles. The van der Waals surface area contributed by atoms with Crippen molar-refractivity contribution in [3.8, 4) is 5.75 Å². The van der Waals surface area contributed by atoms with E-state index in [0.717, 1.165) is 25.9 Å². The predicted molar refractivity (Wildman–Crippen MR) is 100 cm³/mol. The van der Waals surface area contributed by atoms with E-state index in [2.05, 4.69) is 16.0 Å². The van der Waals surface area contributed by atoms with Crippen molar-refractivity contribution in [3.05, 3.63) is 42.0 Å². The first-order valence-corrected chi connectivity index (χ1v) is 9.27. The fraction of sp³-hybridized carbons (Fsp3) is 0.500. The van der Waals surface area contributed by atoms with Gasteiger partial charge >= 0.3 is 0 Å². The third-order valence-corrected chi connectivity index (χ3v) is 5.13. The molecular weight excluding hydrogens is 330 g/mol. The van der Waals surface area contributed by atoms with Gasteiger partial charge < -0.3 is 20.7 Å². The van der Waals surface area contributed by atoms with E-state index in [4.69, 9.17) is 4.74 Å². The molecule has 0 unspecified atom stereocenters. The van der Waals surface area contributed by atoms with Crippen molar-refractivity contribution in [2.45, 2.75) is 32.2 Å². The van der Waals surface area contributed by atoms with Crippen LogP contribution < -0.4 is 20.7 Å². The van der Waals surface area contributed by atoms with Crippen LogP contribution >= 0.6 is 0 Å². The summed E-state index contributed by atoms with van der Waals surface area (Å²) in [7, 11) is 0. The van der Waals surface area contributed by atoms with Gasteiger partial charge in [-0.1, -0.05) is 24.3 Å². The van der Waals surface area contributed by atoms with Crippen LogP contribution in [0.4, 0.5) is 0 Å². The summed E-state index contributed by atoms with van der Waals surface area (Å²) in [6, 6.07) is 7.04. The lowest BCUT2D eigenvalue weighted by molar-refractivity contribution is -0.132. The molecule has 1 atom stereocenters. The van der Waals surface area contributed by atoms with Crippen LogP contribution in [0.2, 0.25) is 0 Å². The van der Waals surface area contributed by atoms with Crippen molar-refractivity contribution in [2.75, 3.05) is 26.2 Å². The zero-order valence-electron chi connectivity index (χ0n) is 15.2. The monoisotopic (exact) mass is 357 g/mol. The SMILES string of the molecule is C[C@H]1CNC(=O)C2(C/C=C/COc3ccccc3C(=O)N1)CCNCC2. The summed E-state index contributed by atoms with van der Waals surface area (Å²) in [4.78, 5) is 25.4. The molecule has 2 aliphatic rings. The summed E-state index contributed by atoms with van der Waals surface area (Å²) in [5.41, 5.74) is 0.124. The average Bonchev–Trinajstić information content (AvgIpc) is 2.66. The van der Waals surface area contributed by atoms with Gasteiger partial charge in [0.1, 0.15) is 12.4 Å². The molecule has 2 heterocycles. The second-order valence-electron chi connectivity index (χ2n) is 7.10. The minimum Gasteiger partial charge on any atom is -0.489 e. The normalized spacial score (nSPS) is 25.2. The van der Waals surface area contributed by atoms with Crippen LogP contribution in [0.25, 0.3) is 0 Å². The maximum atomic E-state index is 12.9. The number of nitrogens with one attached hydrogen (secondary N) is 3. The number of fused-ring (bicyclic) bond motifs is 1. The van der Waals surface area contributed by atoms with Gasteiger partial charge in [0.2, 0.25) is 5.91 Å². The Balaban J connectivity index is 1.81. The Morgan fingerprint density at radius 2 is 1.88 bits per heavy atom. The van der Waals surface area contributed by atoms with Gasteiger partial charge in [-0.3, -0.25) is 9.59 Å². The van der Waals surface area contributed by atoms with Crippen LogP contribution in [0.15, 0.2) is 36.4 Å². The van der Waals surface area contributed by atoms with E-state index >= 15 is 0 Å². The summed E-state index contributed by atoms with van der Waals surface area (Å²) < 4.78 is 5.78. The molecule has 0 saturated carbocycles. The third-order valence-electron chi connectivity index (χ3n) is 5.13. The molecule has 0 bridgehead atoms. The minimum absolute atomic E-state index is 0.0723. The molecule has 6 heteroatoms. The number of ether oxygens (including phenoxy) is 1. The number of benzene rings is 1. The molecule has 1 fully saturated rings. The molecule has 3 rings (SSSR count). The van der Waals surface area contributed by atoms with Crippen LogP contribution in [0.3, 0.4) is 0 Å². The van der Waals surface area contributed by atoms with E-state index in [1.54, 1.807) is 12.1 Å². The summed E-state index contributed by atoms with van der Waals surface area (Å²) in [5.74, 6) is 0.447. The number of rotatable bonds is 0. The Labute approximate surface area is 154 Å². The van der Waals surface area contributed by atoms with Crippen LogP contribution in [0.1, 0.15) is 36.5 Å². The fourth-order valence-corrected chi connectivity index (χ4v) is 3.51. The quantitative estimate of drug-likeness (QED) is 0.617.